The van der Waals surface area contributed by atoms with E-state index in [1.165, 1.54) is 51.4 Å². The van der Waals surface area contributed by atoms with Crippen LogP contribution in [0.4, 0.5) is 0 Å². The van der Waals surface area contributed by atoms with Crippen molar-refractivity contribution in [3.63, 3.8) is 0 Å². The van der Waals surface area contributed by atoms with Crippen LogP contribution < -0.4 is 0 Å². The van der Waals surface area contributed by atoms with Gasteiger partial charge in [0.25, 0.3) is 0 Å². The Balaban J connectivity index is 1.72. The number of aromatic hydroxyl groups is 1. The summed E-state index contributed by atoms with van der Waals surface area (Å²) in [5.74, 6) is 1.26. The van der Waals surface area contributed by atoms with Crippen LogP contribution in [0.25, 0.3) is 0 Å². The summed E-state index contributed by atoms with van der Waals surface area (Å²) in [5.41, 5.74) is 1.16. The van der Waals surface area contributed by atoms with Gasteiger partial charge in [0.05, 0.1) is 12.1 Å². The van der Waals surface area contributed by atoms with Gasteiger partial charge in [-0.2, -0.15) is 0 Å². The maximum Gasteiger partial charge on any atom is 0.173 e. The minimum Gasteiger partial charge on any atom is -0.508 e. The number of likely N-dealkylation sites (tertiary alicyclic amines) is 1. The Kier molecular flexibility index (Phi) is 4.97. The van der Waals surface area contributed by atoms with Crippen LogP contribution in [-0.2, 0) is 0 Å². The summed E-state index contributed by atoms with van der Waals surface area (Å²) in [6.45, 7) is 2.14. The normalized spacial score (nSPS) is 21.3. The second-order valence-corrected chi connectivity index (χ2v) is 7.36. The first kappa shape index (κ1) is 16.5. The lowest BCUT2D eigenvalue weighted by molar-refractivity contribution is 0.217. The number of aromatic nitrogens is 4. The third kappa shape index (κ3) is 3.54. The van der Waals surface area contributed by atoms with Crippen molar-refractivity contribution in [2.24, 2.45) is 0 Å². The van der Waals surface area contributed by atoms with Crippen LogP contribution in [0, 0.1) is 0 Å². The van der Waals surface area contributed by atoms with Crippen molar-refractivity contribution < 1.29 is 5.11 Å². The lowest BCUT2D eigenvalue weighted by Gasteiger charge is -2.30. The quantitative estimate of drug-likeness (QED) is 0.922. The highest BCUT2D eigenvalue weighted by Gasteiger charge is 2.31. The van der Waals surface area contributed by atoms with Crippen LogP contribution in [0.1, 0.15) is 74.8 Å². The van der Waals surface area contributed by atoms with Crippen molar-refractivity contribution >= 4 is 0 Å². The summed E-state index contributed by atoms with van der Waals surface area (Å²) in [6, 6.07) is 8.05. The van der Waals surface area contributed by atoms with Crippen molar-refractivity contribution in [1.82, 2.24) is 25.1 Å². The fourth-order valence-corrected chi connectivity index (χ4v) is 4.32. The molecule has 2 heterocycles. The van der Waals surface area contributed by atoms with E-state index >= 15 is 0 Å². The average Bonchev–Trinajstić information content (AvgIpc) is 3.24. The minimum absolute atomic E-state index is 0.0642. The number of nitrogens with zero attached hydrogens (tertiary/aromatic N) is 5. The highest BCUT2D eigenvalue weighted by atomic mass is 16.3. The molecule has 1 saturated carbocycles. The van der Waals surface area contributed by atoms with E-state index in [0.717, 1.165) is 24.5 Å². The first-order chi connectivity index (χ1) is 12.3. The second kappa shape index (κ2) is 7.52. The van der Waals surface area contributed by atoms with E-state index in [0.29, 0.717) is 11.8 Å². The lowest BCUT2D eigenvalue weighted by atomic mass is 10.0. The Morgan fingerprint density at radius 1 is 0.920 bits per heavy atom. The van der Waals surface area contributed by atoms with Crippen molar-refractivity contribution in [1.29, 1.82) is 0 Å². The lowest BCUT2D eigenvalue weighted by Crippen LogP contribution is -2.33. The summed E-state index contributed by atoms with van der Waals surface area (Å²) >= 11 is 0. The van der Waals surface area contributed by atoms with Crippen molar-refractivity contribution in [3.8, 4) is 5.75 Å². The van der Waals surface area contributed by atoms with Crippen LogP contribution in [-0.4, -0.2) is 43.3 Å². The van der Waals surface area contributed by atoms with Crippen LogP contribution in [0.2, 0.25) is 0 Å². The molecule has 2 aromatic rings. The van der Waals surface area contributed by atoms with E-state index in [4.69, 9.17) is 0 Å². The van der Waals surface area contributed by atoms with Gasteiger partial charge in [0.15, 0.2) is 5.82 Å². The van der Waals surface area contributed by atoms with E-state index in [1.807, 2.05) is 12.1 Å². The van der Waals surface area contributed by atoms with Crippen LogP contribution in [0.5, 0.6) is 5.75 Å². The molecular formula is C19H27N5O. The van der Waals surface area contributed by atoms with E-state index in [9.17, 15) is 5.11 Å². The first-order valence-electron chi connectivity index (χ1n) is 9.63. The van der Waals surface area contributed by atoms with Crippen molar-refractivity contribution in [2.75, 3.05) is 13.1 Å². The first-order valence-corrected chi connectivity index (χ1v) is 9.63. The molecule has 0 amide bonds. The van der Waals surface area contributed by atoms with E-state index in [1.54, 1.807) is 12.1 Å². The summed E-state index contributed by atoms with van der Waals surface area (Å²) in [7, 11) is 0. The Labute approximate surface area is 148 Å². The molecule has 1 aromatic heterocycles. The molecule has 1 aromatic carbocycles. The zero-order valence-electron chi connectivity index (χ0n) is 14.7. The van der Waals surface area contributed by atoms with Gasteiger partial charge in [0.2, 0.25) is 0 Å². The maximum atomic E-state index is 9.69. The fourth-order valence-electron chi connectivity index (χ4n) is 4.32. The minimum atomic E-state index is 0.0642. The summed E-state index contributed by atoms with van der Waals surface area (Å²) in [5, 5.41) is 22.6. The van der Waals surface area contributed by atoms with Gasteiger partial charge in [-0.05, 0) is 66.9 Å². The summed E-state index contributed by atoms with van der Waals surface area (Å²) < 4.78 is 2.08. The molecule has 0 radical (unpaired) electrons. The Morgan fingerprint density at radius 3 is 2.28 bits per heavy atom. The number of benzene rings is 1. The van der Waals surface area contributed by atoms with Gasteiger partial charge in [-0.3, -0.25) is 4.90 Å². The van der Waals surface area contributed by atoms with Gasteiger partial charge in [0.1, 0.15) is 5.75 Å². The standard InChI is InChI=1S/C19H27N5O/c25-17-11-9-15(10-12-17)18(23-13-5-1-2-6-14-23)19-20-21-22-24(19)16-7-3-4-8-16/h9-12,16,18,25H,1-8,13-14H2/t18-/m1/s1. The van der Waals surface area contributed by atoms with Gasteiger partial charge in [0, 0.05) is 0 Å². The number of hydrogen-bond donors (Lipinski definition) is 1. The van der Waals surface area contributed by atoms with Crippen LogP contribution in [0.3, 0.4) is 0 Å². The van der Waals surface area contributed by atoms with Crippen molar-refractivity contribution in [3.05, 3.63) is 35.7 Å². The zero-order valence-corrected chi connectivity index (χ0v) is 14.7. The second-order valence-electron chi connectivity index (χ2n) is 7.36. The molecule has 1 aliphatic heterocycles. The van der Waals surface area contributed by atoms with Gasteiger partial charge >= 0.3 is 0 Å². The molecular weight excluding hydrogens is 314 g/mol. The fraction of sp³-hybridized carbons (Fsp3) is 0.632. The molecule has 0 spiro atoms. The Bertz CT molecular complexity index is 669. The molecule has 25 heavy (non-hydrogen) atoms. The maximum absolute atomic E-state index is 9.69. The molecule has 2 aliphatic rings. The smallest absolute Gasteiger partial charge is 0.173 e. The molecule has 6 nitrogen and oxygen atoms in total. The molecule has 1 atom stereocenters. The van der Waals surface area contributed by atoms with Gasteiger partial charge < -0.3 is 5.11 Å². The van der Waals surface area contributed by atoms with E-state index < -0.39 is 0 Å². The van der Waals surface area contributed by atoms with Crippen LogP contribution in [0.15, 0.2) is 24.3 Å². The molecule has 4 rings (SSSR count). The number of hydrogen-bond acceptors (Lipinski definition) is 5. The number of phenols is 1. The highest BCUT2D eigenvalue weighted by Crippen LogP contribution is 2.35. The van der Waals surface area contributed by atoms with E-state index in [-0.39, 0.29) is 6.04 Å². The monoisotopic (exact) mass is 341 g/mol. The molecule has 134 valence electrons. The molecule has 1 saturated heterocycles. The third-order valence-corrected chi connectivity index (χ3v) is 5.65. The highest BCUT2D eigenvalue weighted by molar-refractivity contribution is 5.31. The van der Waals surface area contributed by atoms with Gasteiger partial charge in [-0.1, -0.05) is 37.8 Å². The zero-order chi connectivity index (χ0) is 17.1. The Hall–Kier alpha value is -1.95. The summed E-state index contributed by atoms with van der Waals surface area (Å²) in [4.78, 5) is 2.52. The predicted octanol–water partition coefficient (Wildman–Crippen LogP) is 3.46. The van der Waals surface area contributed by atoms with Crippen molar-refractivity contribution in [2.45, 2.75) is 63.5 Å². The molecule has 0 bridgehead atoms. The SMILES string of the molecule is Oc1ccc([C@H](c2nnnn2C2CCCC2)N2CCCCCC2)cc1. The average molecular weight is 341 g/mol. The molecule has 1 N–H and O–H groups in total. The van der Waals surface area contributed by atoms with E-state index in [2.05, 4.69) is 25.1 Å². The topological polar surface area (TPSA) is 67.1 Å². The number of tetrazole rings is 1. The molecule has 6 heteroatoms. The largest absolute Gasteiger partial charge is 0.508 e. The van der Waals surface area contributed by atoms with Gasteiger partial charge in [-0.15, -0.1) is 5.10 Å². The number of phenolic OH excluding ortho intramolecular Hbond substituents is 1. The summed E-state index contributed by atoms with van der Waals surface area (Å²) in [6.07, 6.45) is 9.90. The van der Waals surface area contributed by atoms with Crippen LogP contribution >= 0.6 is 0 Å². The van der Waals surface area contributed by atoms with Gasteiger partial charge in [-0.25, -0.2) is 4.68 Å². The number of rotatable bonds is 4. The Morgan fingerprint density at radius 2 is 1.60 bits per heavy atom. The molecule has 2 fully saturated rings. The third-order valence-electron chi connectivity index (χ3n) is 5.65. The predicted molar refractivity (Wildman–Crippen MR) is 95.3 cm³/mol. The molecule has 1 aliphatic carbocycles. The molecule has 0 unspecified atom stereocenters.